The molecule has 2 aromatic rings. The Morgan fingerprint density at radius 2 is 1.41 bits per heavy atom. The summed E-state index contributed by atoms with van der Waals surface area (Å²) in [5, 5.41) is 0. The van der Waals surface area contributed by atoms with E-state index in [9.17, 15) is 31.1 Å². The van der Waals surface area contributed by atoms with Crippen LogP contribution in [-0.2, 0) is 4.79 Å². The summed E-state index contributed by atoms with van der Waals surface area (Å²) in [4.78, 5) is 11.3. The lowest BCUT2D eigenvalue weighted by Gasteiger charge is -2.18. The topological polar surface area (TPSA) is 54.0 Å². The van der Waals surface area contributed by atoms with E-state index in [0.29, 0.717) is 17.6 Å². The van der Waals surface area contributed by atoms with Gasteiger partial charge in [-0.15, -0.1) is 0 Å². The normalized spacial score (nSPS) is 12.3. The summed E-state index contributed by atoms with van der Waals surface area (Å²) in [6.07, 6.45) is -7.88. The van der Waals surface area contributed by atoms with Crippen molar-refractivity contribution in [3.05, 3.63) is 53.6 Å². The van der Waals surface area contributed by atoms with Crippen LogP contribution in [0, 0.1) is 0 Å². The van der Waals surface area contributed by atoms with Crippen LogP contribution in [0.3, 0.4) is 0 Å². The van der Waals surface area contributed by atoms with Crippen LogP contribution >= 0.6 is 0 Å². The fraction of sp³-hybridized carbons (Fsp3) is 0.286. The van der Waals surface area contributed by atoms with Gasteiger partial charge in [0.25, 0.3) is 0 Å². The molecule has 0 heterocycles. The van der Waals surface area contributed by atoms with Crippen molar-refractivity contribution in [3.8, 4) is 23.0 Å². The number of hydrogen-bond donors (Lipinski definition) is 0. The van der Waals surface area contributed by atoms with E-state index in [4.69, 9.17) is 18.9 Å². The second-order valence-corrected chi connectivity index (χ2v) is 6.25. The minimum atomic E-state index is -4.67. The number of carbonyl (C=O) groups is 1. The summed E-state index contributed by atoms with van der Waals surface area (Å²) in [6, 6.07) is 7.56. The van der Waals surface area contributed by atoms with Gasteiger partial charge < -0.3 is 18.9 Å². The minimum absolute atomic E-state index is 0.0654. The molecule has 0 fully saturated rings. The molecule has 0 aliphatic heterocycles. The van der Waals surface area contributed by atoms with Crippen molar-refractivity contribution < 1.29 is 50.1 Å². The van der Waals surface area contributed by atoms with Crippen LogP contribution < -0.4 is 18.9 Å². The van der Waals surface area contributed by atoms with Crippen molar-refractivity contribution in [1.82, 2.24) is 0 Å². The van der Waals surface area contributed by atoms with E-state index in [1.54, 1.807) is 0 Å². The number of benzene rings is 2. The Morgan fingerprint density at radius 1 is 0.812 bits per heavy atom. The first-order chi connectivity index (χ1) is 15.0. The summed E-state index contributed by atoms with van der Waals surface area (Å²) >= 11 is 0. The van der Waals surface area contributed by atoms with E-state index in [1.165, 1.54) is 32.4 Å². The third-order valence-electron chi connectivity index (χ3n) is 3.96. The van der Waals surface area contributed by atoms with Gasteiger partial charge in [-0.1, -0.05) is 6.07 Å². The van der Waals surface area contributed by atoms with Gasteiger partial charge in [0.05, 0.1) is 14.2 Å². The van der Waals surface area contributed by atoms with Crippen LogP contribution in [0.25, 0.3) is 5.57 Å². The molecule has 0 atom stereocenters. The molecule has 32 heavy (non-hydrogen) atoms. The maximum Gasteiger partial charge on any atom is 0.422 e. The molecular formula is C21H18F6O5. The molecule has 11 heteroatoms. The maximum atomic E-state index is 12.7. The molecular weight excluding hydrogens is 446 g/mol. The third-order valence-corrected chi connectivity index (χ3v) is 3.96. The molecule has 2 rings (SSSR count). The van der Waals surface area contributed by atoms with Crippen LogP contribution in [0.2, 0.25) is 0 Å². The Bertz CT molecular complexity index is 966. The molecule has 0 radical (unpaired) electrons. The van der Waals surface area contributed by atoms with Crippen LogP contribution in [0.4, 0.5) is 26.3 Å². The van der Waals surface area contributed by atoms with E-state index >= 15 is 0 Å². The van der Waals surface area contributed by atoms with Gasteiger partial charge in [0.2, 0.25) is 0 Å². The molecule has 0 N–H and O–H groups in total. The lowest BCUT2D eigenvalue weighted by Crippen LogP contribution is -2.20. The number of hydrogen-bond acceptors (Lipinski definition) is 5. The number of carbonyl (C=O) groups excluding carboxylic acids is 1. The number of ether oxygens (including phenoxy) is 4. The van der Waals surface area contributed by atoms with Crippen LogP contribution in [-0.4, -0.2) is 46.1 Å². The zero-order valence-corrected chi connectivity index (χ0v) is 16.8. The molecule has 0 amide bonds. The Hall–Kier alpha value is -3.37. The molecule has 2 aromatic carbocycles. The monoisotopic (exact) mass is 464 g/mol. The summed E-state index contributed by atoms with van der Waals surface area (Å²) in [6.45, 7) is -3.26. The van der Waals surface area contributed by atoms with Gasteiger partial charge in [-0.25, -0.2) is 0 Å². The highest BCUT2D eigenvalue weighted by atomic mass is 19.4. The van der Waals surface area contributed by atoms with E-state index in [1.807, 2.05) is 0 Å². The lowest BCUT2D eigenvalue weighted by atomic mass is 9.96. The quantitative estimate of drug-likeness (QED) is 0.290. The number of alkyl halides is 6. The standard InChI is InChI=1S/C21H18F6O5/c1-29-18-5-3-13(9-19(18)30-2)15(7-8-28)16-10-14(31-11-20(22,23)24)4-6-17(16)32-12-21(25,26)27/h3-10H,11-12H2,1-2H3. The average molecular weight is 464 g/mol. The number of aldehydes is 1. The van der Waals surface area contributed by atoms with Crippen molar-refractivity contribution in [2.24, 2.45) is 0 Å². The Morgan fingerprint density at radius 3 is 1.97 bits per heavy atom. The molecule has 0 saturated carbocycles. The zero-order chi connectivity index (χ0) is 23.9. The SMILES string of the molecule is COc1ccc(C(=CC=O)c2cc(OCC(F)(F)F)ccc2OCC(F)(F)F)cc1OC. The van der Waals surface area contributed by atoms with E-state index in [0.717, 1.165) is 24.3 Å². The summed E-state index contributed by atoms with van der Waals surface area (Å²) in [7, 11) is 2.75. The number of halogens is 6. The predicted molar refractivity (Wildman–Crippen MR) is 102 cm³/mol. The largest absolute Gasteiger partial charge is 0.493 e. The molecule has 5 nitrogen and oxygen atoms in total. The first kappa shape index (κ1) is 24.9. The molecule has 0 aliphatic carbocycles. The van der Waals surface area contributed by atoms with E-state index in [2.05, 4.69) is 0 Å². The molecule has 0 bridgehead atoms. The van der Waals surface area contributed by atoms with Gasteiger partial charge in [-0.3, -0.25) is 4.79 Å². The highest BCUT2D eigenvalue weighted by Gasteiger charge is 2.30. The molecule has 0 spiro atoms. The van der Waals surface area contributed by atoms with Gasteiger partial charge in [-0.05, 0) is 47.5 Å². The molecule has 174 valence electrons. The number of allylic oxidation sites excluding steroid dienone is 1. The van der Waals surface area contributed by atoms with Crippen molar-refractivity contribution in [2.75, 3.05) is 27.4 Å². The fourth-order valence-electron chi connectivity index (χ4n) is 2.67. The van der Waals surface area contributed by atoms with E-state index < -0.39 is 25.6 Å². The van der Waals surface area contributed by atoms with Crippen molar-refractivity contribution in [3.63, 3.8) is 0 Å². The Kier molecular flexibility index (Phi) is 8.01. The molecule has 0 saturated heterocycles. The first-order valence-corrected chi connectivity index (χ1v) is 8.89. The van der Waals surface area contributed by atoms with Gasteiger partial charge in [0, 0.05) is 5.56 Å². The van der Waals surface area contributed by atoms with E-state index in [-0.39, 0.29) is 28.4 Å². The highest BCUT2D eigenvalue weighted by molar-refractivity contribution is 5.92. The van der Waals surface area contributed by atoms with Crippen LogP contribution in [0.1, 0.15) is 11.1 Å². The van der Waals surface area contributed by atoms with Crippen molar-refractivity contribution >= 4 is 11.9 Å². The smallest absolute Gasteiger partial charge is 0.422 e. The first-order valence-electron chi connectivity index (χ1n) is 8.89. The van der Waals surface area contributed by atoms with Crippen LogP contribution in [0.5, 0.6) is 23.0 Å². The molecule has 0 unspecified atom stereocenters. The molecule has 0 aliphatic rings. The van der Waals surface area contributed by atoms with Crippen LogP contribution in [0.15, 0.2) is 42.5 Å². The number of methoxy groups -OCH3 is 2. The summed E-state index contributed by atoms with van der Waals surface area (Å²) in [5.74, 6) is 0.0000666. The Balaban J connectivity index is 2.58. The predicted octanol–water partition coefficient (Wildman–Crippen LogP) is 5.22. The van der Waals surface area contributed by atoms with Gasteiger partial charge >= 0.3 is 12.4 Å². The second-order valence-electron chi connectivity index (χ2n) is 6.25. The minimum Gasteiger partial charge on any atom is -0.493 e. The summed E-state index contributed by atoms with van der Waals surface area (Å²) < 4.78 is 95.4. The van der Waals surface area contributed by atoms with Crippen molar-refractivity contribution in [2.45, 2.75) is 12.4 Å². The zero-order valence-electron chi connectivity index (χ0n) is 16.8. The lowest BCUT2D eigenvalue weighted by molar-refractivity contribution is -0.154. The van der Waals surface area contributed by atoms with Gasteiger partial charge in [0.1, 0.15) is 17.8 Å². The third kappa shape index (κ3) is 7.10. The Labute approximate surface area is 179 Å². The fourth-order valence-corrected chi connectivity index (χ4v) is 2.67. The molecule has 0 aromatic heterocycles. The van der Waals surface area contributed by atoms with Crippen molar-refractivity contribution in [1.29, 1.82) is 0 Å². The second kappa shape index (κ2) is 10.3. The van der Waals surface area contributed by atoms with Gasteiger partial charge in [0.15, 0.2) is 24.7 Å². The maximum absolute atomic E-state index is 12.7. The highest BCUT2D eigenvalue weighted by Crippen LogP contribution is 2.38. The van der Waals surface area contributed by atoms with Gasteiger partial charge in [-0.2, -0.15) is 26.3 Å². The number of rotatable bonds is 9. The summed E-state index contributed by atoms with van der Waals surface area (Å²) in [5.41, 5.74) is 0.281. The average Bonchev–Trinajstić information content (AvgIpc) is 2.73.